The lowest BCUT2D eigenvalue weighted by molar-refractivity contribution is 0.540. The van der Waals surface area contributed by atoms with Gasteiger partial charge in [0.05, 0.1) is 28.9 Å². The van der Waals surface area contributed by atoms with Crippen molar-refractivity contribution >= 4 is 22.6 Å². The minimum absolute atomic E-state index is 0.362. The number of alkyl halides is 1. The molecule has 0 saturated carbocycles. The van der Waals surface area contributed by atoms with Crippen LogP contribution in [0.25, 0.3) is 22.5 Å². The average molecular weight is 338 g/mol. The van der Waals surface area contributed by atoms with Crippen LogP contribution >= 0.6 is 11.6 Å². The van der Waals surface area contributed by atoms with Crippen molar-refractivity contribution < 1.29 is 4.42 Å². The molecule has 2 heterocycles. The molecule has 0 fully saturated rings. The lowest BCUT2D eigenvalue weighted by atomic mass is 10.1. The van der Waals surface area contributed by atoms with E-state index in [9.17, 15) is 0 Å². The zero-order valence-electron chi connectivity index (χ0n) is 13.2. The van der Waals surface area contributed by atoms with Crippen LogP contribution in [0.2, 0.25) is 0 Å². The Kier molecular flexibility index (Phi) is 3.82. The Hall–Kier alpha value is -2.59. The maximum atomic E-state index is 5.85. The van der Waals surface area contributed by atoms with Gasteiger partial charge < -0.3 is 8.98 Å². The molecule has 0 aliphatic carbocycles. The first-order chi connectivity index (χ1) is 11.7. The minimum atomic E-state index is 0.362. The third-order valence-electron chi connectivity index (χ3n) is 4.10. The summed E-state index contributed by atoms with van der Waals surface area (Å²) < 4.78 is 7.83. The first-order valence-electron chi connectivity index (χ1n) is 7.76. The third-order valence-corrected chi connectivity index (χ3v) is 4.35. The molecular formula is C19H16ClN3O. The highest BCUT2D eigenvalue weighted by molar-refractivity contribution is 6.17. The van der Waals surface area contributed by atoms with Gasteiger partial charge in [0, 0.05) is 12.1 Å². The number of aromatic nitrogens is 3. The summed E-state index contributed by atoms with van der Waals surface area (Å²) in [5.41, 5.74) is 5.09. The van der Waals surface area contributed by atoms with Gasteiger partial charge in [-0.15, -0.1) is 11.6 Å². The normalized spacial score (nSPS) is 11.2. The zero-order valence-corrected chi connectivity index (χ0v) is 14.0. The largest absolute Gasteiger partial charge is 0.441 e. The molecule has 2 aromatic heterocycles. The second-order valence-electron chi connectivity index (χ2n) is 5.71. The fourth-order valence-electron chi connectivity index (χ4n) is 2.76. The van der Waals surface area contributed by atoms with Crippen molar-refractivity contribution in [3.8, 4) is 11.5 Å². The second-order valence-corrected chi connectivity index (χ2v) is 5.98. The van der Waals surface area contributed by atoms with Crippen molar-refractivity contribution in [3.63, 3.8) is 0 Å². The van der Waals surface area contributed by atoms with E-state index >= 15 is 0 Å². The van der Waals surface area contributed by atoms with E-state index in [1.165, 1.54) is 5.56 Å². The molecule has 0 amide bonds. The SMILES string of the molecule is Cc1oc(-c2ccc(Cn3cnc4ccccc43)cc2)nc1CCl. The molecule has 24 heavy (non-hydrogen) atoms. The van der Waals surface area contributed by atoms with Gasteiger partial charge in [-0.3, -0.25) is 0 Å². The summed E-state index contributed by atoms with van der Waals surface area (Å²) in [4.78, 5) is 8.86. The molecule has 0 N–H and O–H groups in total. The number of imidazole rings is 1. The van der Waals surface area contributed by atoms with Crippen LogP contribution in [-0.2, 0) is 12.4 Å². The smallest absolute Gasteiger partial charge is 0.226 e. The predicted molar refractivity (Wildman–Crippen MR) is 95.1 cm³/mol. The highest BCUT2D eigenvalue weighted by atomic mass is 35.5. The number of nitrogens with zero attached hydrogens (tertiary/aromatic N) is 3. The number of hydrogen-bond donors (Lipinski definition) is 0. The molecule has 0 atom stereocenters. The predicted octanol–water partition coefficient (Wildman–Crippen LogP) is 4.79. The van der Waals surface area contributed by atoms with Crippen LogP contribution in [0.3, 0.4) is 0 Å². The Morgan fingerprint density at radius 3 is 2.62 bits per heavy atom. The van der Waals surface area contributed by atoms with Gasteiger partial charge in [-0.25, -0.2) is 9.97 Å². The van der Waals surface area contributed by atoms with Crippen molar-refractivity contribution in [3.05, 3.63) is 71.9 Å². The highest BCUT2D eigenvalue weighted by Gasteiger charge is 2.10. The molecule has 4 aromatic rings. The molecule has 2 aromatic carbocycles. The molecule has 5 heteroatoms. The van der Waals surface area contributed by atoms with Crippen LogP contribution in [-0.4, -0.2) is 14.5 Å². The Morgan fingerprint density at radius 1 is 1.08 bits per heavy atom. The van der Waals surface area contributed by atoms with E-state index in [1.54, 1.807) is 0 Å². The summed E-state index contributed by atoms with van der Waals surface area (Å²) in [6.45, 7) is 2.66. The molecule has 4 nitrogen and oxygen atoms in total. The van der Waals surface area contributed by atoms with E-state index in [0.29, 0.717) is 11.8 Å². The van der Waals surface area contributed by atoms with Crippen molar-refractivity contribution in [2.45, 2.75) is 19.3 Å². The van der Waals surface area contributed by atoms with Gasteiger partial charge in [0.25, 0.3) is 0 Å². The van der Waals surface area contributed by atoms with Gasteiger partial charge >= 0.3 is 0 Å². The summed E-state index contributed by atoms with van der Waals surface area (Å²) >= 11 is 5.85. The lowest BCUT2D eigenvalue weighted by Gasteiger charge is -2.05. The molecular weight excluding hydrogens is 322 g/mol. The van der Waals surface area contributed by atoms with Crippen molar-refractivity contribution in [2.24, 2.45) is 0 Å². The third kappa shape index (κ3) is 2.69. The first kappa shape index (κ1) is 15.0. The van der Waals surface area contributed by atoms with E-state index < -0.39 is 0 Å². The number of fused-ring (bicyclic) bond motifs is 1. The summed E-state index contributed by atoms with van der Waals surface area (Å²) in [6, 6.07) is 16.4. The molecule has 0 saturated heterocycles. The number of oxazole rings is 1. The van der Waals surface area contributed by atoms with Crippen LogP contribution in [0, 0.1) is 6.92 Å². The minimum Gasteiger partial charge on any atom is -0.441 e. The maximum Gasteiger partial charge on any atom is 0.226 e. The Bertz CT molecular complexity index is 985. The number of para-hydroxylation sites is 2. The van der Waals surface area contributed by atoms with E-state index in [4.69, 9.17) is 16.0 Å². The van der Waals surface area contributed by atoms with Gasteiger partial charge in [-0.05, 0) is 36.8 Å². The summed E-state index contributed by atoms with van der Waals surface area (Å²) in [5.74, 6) is 1.75. The Labute approximate surface area is 144 Å². The maximum absolute atomic E-state index is 5.85. The molecule has 0 radical (unpaired) electrons. The van der Waals surface area contributed by atoms with E-state index in [0.717, 1.165) is 34.6 Å². The molecule has 0 unspecified atom stereocenters. The fourth-order valence-corrected chi connectivity index (χ4v) is 3.01. The van der Waals surface area contributed by atoms with Crippen molar-refractivity contribution in [1.29, 1.82) is 0 Å². The summed E-state index contributed by atoms with van der Waals surface area (Å²) in [7, 11) is 0. The van der Waals surface area contributed by atoms with Crippen molar-refractivity contribution in [2.75, 3.05) is 0 Å². The van der Waals surface area contributed by atoms with Crippen molar-refractivity contribution in [1.82, 2.24) is 14.5 Å². The molecule has 0 bridgehead atoms. The highest BCUT2D eigenvalue weighted by Crippen LogP contribution is 2.23. The standard InChI is InChI=1S/C19H16ClN3O/c1-13-17(10-20)22-19(24-13)15-8-6-14(7-9-15)11-23-12-21-16-4-2-3-5-18(16)23/h2-9,12H,10-11H2,1H3. The van der Waals surface area contributed by atoms with Gasteiger partial charge in [0.2, 0.25) is 5.89 Å². The number of hydrogen-bond acceptors (Lipinski definition) is 3. The zero-order chi connectivity index (χ0) is 16.5. The number of halogens is 1. The Morgan fingerprint density at radius 2 is 1.88 bits per heavy atom. The molecule has 0 spiro atoms. The lowest BCUT2D eigenvalue weighted by Crippen LogP contribution is -1.97. The monoisotopic (exact) mass is 337 g/mol. The van der Waals surface area contributed by atoms with Crippen LogP contribution in [0.4, 0.5) is 0 Å². The molecule has 120 valence electrons. The van der Waals surface area contributed by atoms with Crippen LogP contribution in [0.1, 0.15) is 17.0 Å². The van der Waals surface area contributed by atoms with Crippen LogP contribution < -0.4 is 0 Å². The first-order valence-corrected chi connectivity index (χ1v) is 8.29. The molecule has 0 aliphatic heterocycles. The van der Waals surface area contributed by atoms with Crippen LogP contribution in [0.5, 0.6) is 0 Å². The topological polar surface area (TPSA) is 43.9 Å². The quantitative estimate of drug-likeness (QED) is 0.503. The molecule has 0 aliphatic rings. The second kappa shape index (κ2) is 6.13. The van der Waals surface area contributed by atoms with Gasteiger partial charge in [-0.1, -0.05) is 24.3 Å². The van der Waals surface area contributed by atoms with E-state index in [1.807, 2.05) is 43.6 Å². The number of benzene rings is 2. The van der Waals surface area contributed by atoms with Gasteiger partial charge in [0.15, 0.2) is 0 Å². The number of aryl methyl sites for hydroxylation is 1. The number of rotatable bonds is 4. The molecule has 4 rings (SSSR count). The Balaban J connectivity index is 1.59. The average Bonchev–Trinajstić information content (AvgIpc) is 3.19. The van der Waals surface area contributed by atoms with Gasteiger partial charge in [-0.2, -0.15) is 0 Å². The van der Waals surface area contributed by atoms with E-state index in [-0.39, 0.29) is 0 Å². The van der Waals surface area contributed by atoms with Crippen LogP contribution in [0.15, 0.2) is 59.3 Å². The van der Waals surface area contributed by atoms with E-state index in [2.05, 4.69) is 32.7 Å². The summed E-state index contributed by atoms with van der Waals surface area (Å²) in [5, 5.41) is 0. The van der Waals surface area contributed by atoms with Gasteiger partial charge in [0.1, 0.15) is 5.76 Å². The summed E-state index contributed by atoms with van der Waals surface area (Å²) in [6.07, 6.45) is 1.88. The fraction of sp³-hybridized carbons (Fsp3) is 0.158.